The first-order chi connectivity index (χ1) is 15.0. The van der Waals surface area contributed by atoms with Crippen LogP contribution in [0.15, 0.2) is 12.2 Å². The van der Waals surface area contributed by atoms with E-state index in [1.165, 1.54) is 96.3 Å². The van der Waals surface area contributed by atoms with E-state index in [1.54, 1.807) is 13.8 Å². The minimum atomic E-state index is -0.745. The molecule has 0 saturated carbocycles. The number of nitrogens with one attached hydrogen (secondary N) is 1. The van der Waals surface area contributed by atoms with Crippen LogP contribution >= 0.6 is 0 Å². The van der Waals surface area contributed by atoms with Crippen LogP contribution < -0.4 is 5.32 Å². The van der Waals surface area contributed by atoms with Crippen LogP contribution in [0.3, 0.4) is 0 Å². The molecule has 1 amide bonds. The molecular weight excluding hydrogens is 386 g/mol. The predicted molar refractivity (Wildman–Crippen MR) is 133 cm³/mol. The summed E-state index contributed by atoms with van der Waals surface area (Å²) in [5.41, 5.74) is 0. The number of unbranched alkanes of at least 4 members (excludes halogenated alkanes) is 15. The number of hydrogen-bond donors (Lipinski definition) is 3. The van der Waals surface area contributed by atoms with Crippen molar-refractivity contribution < 1.29 is 15.0 Å². The van der Waals surface area contributed by atoms with Crippen molar-refractivity contribution in [1.82, 2.24) is 5.32 Å². The zero-order chi connectivity index (χ0) is 23.2. The molecule has 0 saturated heterocycles. The van der Waals surface area contributed by atoms with Crippen LogP contribution in [0.4, 0.5) is 0 Å². The molecule has 0 aliphatic rings. The second-order valence-electron chi connectivity index (χ2n) is 9.32. The van der Waals surface area contributed by atoms with E-state index in [0.29, 0.717) is 6.42 Å². The molecule has 0 aliphatic heterocycles. The topological polar surface area (TPSA) is 69.6 Å². The van der Waals surface area contributed by atoms with Gasteiger partial charge in [-0.2, -0.15) is 0 Å². The number of rotatable bonds is 22. The van der Waals surface area contributed by atoms with Crippen molar-refractivity contribution in [3.05, 3.63) is 12.2 Å². The fourth-order valence-electron chi connectivity index (χ4n) is 3.97. The molecule has 0 aromatic heterocycles. The number of amides is 1. The van der Waals surface area contributed by atoms with E-state index in [0.717, 1.165) is 12.8 Å². The summed E-state index contributed by atoms with van der Waals surface area (Å²) in [4.78, 5) is 11.9. The van der Waals surface area contributed by atoms with E-state index in [1.807, 2.05) is 0 Å². The third-order valence-electron chi connectivity index (χ3n) is 6.03. The van der Waals surface area contributed by atoms with Crippen LogP contribution in [0.5, 0.6) is 0 Å². The Kier molecular flexibility index (Phi) is 21.7. The number of hydrogen-bond acceptors (Lipinski definition) is 3. The maximum Gasteiger partial charge on any atom is 0.220 e. The lowest BCUT2D eigenvalue weighted by molar-refractivity contribution is -0.123. The van der Waals surface area contributed by atoms with Gasteiger partial charge in [0, 0.05) is 6.42 Å². The summed E-state index contributed by atoms with van der Waals surface area (Å²) in [5.74, 6) is -0.0761. The Balaban J connectivity index is 3.34. The molecule has 0 aromatic rings. The Morgan fingerprint density at radius 2 is 1.06 bits per heavy atom. The summed E-state index contributed by atoms with van der Waals surface area (Å²) >= 11 is 0. The summed E-state index contributed by atoms with van der Waals surface area (Å²) in [7, 11) is 0. The predicted octanol–water partition coefficient (Wildman–Crippen LogP) is 6.83. The molecule has 184 valence electrons. The van der Waals surface area contributed by atoms with Crippen molar-refractivity contribution in [2.45, 2.75) is 155 Å². The number of carbonyl (C=O) groups excluding carboxylic acids is 1. The molecule has 0 radical (unpaired) electrons. The molecule has 0 rings (SSSR count). The smallest absolute Gasteiger partial charge is 0.220 e. The van der Waals surface area contributed by atoms with Gasteiger partial charge in [-0.25, -0.2) is 0 Å². The SMILES string of the molecule is CCCCCCCCC=CCCCCCCCCCCCC(=O)NC(C(C)O)C(C)O. The molecular formula is C27H53NO3. The average Bonchev–Trinajstić information content (AvgIpc) is 2.73. The third-order valence-corrected chi connectivity index (χ3v) is 6.03. The summed E-state index contributed by atoms with van der Waals surface area (Å²) < 4.78 is 0. The van der Waals surface area contributed by atoms with Crippen LogP contribution in [0, 0.1) is 0 Å². The Hall–Kier alpha value is -0.870. The highest BCUT2D eigenvalue weighted by Gasteiger charge is 2.22. The second kappa shape index (κ2) is 22.3. The first kappa shape index (κ1) is 30.1. The standard InChI is InChI=1S/C27H53NO3/c1-4-5-6-7-8-9-10-11-12-13-14-15-16-17-18-19-20-21-22-23-26(31)28-27(24(2)29)25(3)30/h11-12,24-25,27,29-30H,4-10,13-23H2,1-3H3,(H,28,31). The molecule has 3 N–H and O–H groups in total. The van der Waals surface area contributed by atoms with Gasteiger partial charge in [0.1, 0.15) is 0 Å². The maximum atomic E-state index is 11.9. The molecule has 0 heterocycles. The average molecular weight is 440 g/mol. The van der Waals surface area contributed by atoms with E-state index >= 15 is 0 Å². The molecule has 31 heavy (non-hydrogen) atoms. The molecule has 4 heteroatoms. The monoisotopic (exact) mass is 439 g/mol. The highest BCUT2D eigenvalue weighted by atomic mass is 16.3. The third kappa shape index (κ3) is 20.8. The number of aliphatic hydroxyl groups excluding tert-OH is 2. The Morgan fingerprint density at radius 3 is 1.48 bits per heavy atom. The lowest BCUT2D eigenvalue weighted by Crippen LogP contribution is -2.48. The van der Waals surface area contributed by atoms with Gasteiger partial charge in [-0.1, -0.05) is 96.1 Å². The molecule has 2 atom stereocenters. The Morgan fingerprint density at radius 1 is 0.677 bits per heavy atom. The lowest BCUT2D eigenvalue weighted by atomic mass is 10.0. The Bertz CT molecular complexity index is 413. The largest absolute Gasteiger partial charge is 0.391 e. The first-order valence-corrected chi connectivity index (χ1v) is 13.3. The Labute approximate surface area is 193 Å². The van der Waals surface area contributed by atoms with E-state index in [-0.39, 0.29) is 5.91 Å². The zero-order valence-corrected chi connectivity index (χ0v) is 20.9. The minimum Gasteiger partial charge on any atom is -0.391 e. The van der Waals surface area contributed by atoms with Crippen LogP contribution in [-0.4, -0.2) is 34.4 Å². The zero-order valence-electron chi connectivity index (χ0n) is 20.9. The first-order valence-electron chi connectivity index (χ1n) is 13.3. The van der Waals surface area contributed by atoms with Gasteiger partial charge in [-0.3, -0.25) is 4.79 Å². The van der Waals surface area contributed by atoms with Gasteiger partial charge in [-0.15, -0.1) is 0 Å². The van der Waals surface area contributed by atoms with E-state index in [2.05, 4.69) is 24.4 Å². The van der Waals surface area contributed by atoms with Crippen LogP contribution in [0.2, 0.25) is 0 Å². The molecule has 0 aliphatic carbocycles. The molecule has 0 spiro atoms. The molecule has 0 bridgehead atoms. The van der Waals surface area contributed by atoms with Crippen LogP contribution in [0.1, 0.15) is 136 Å². The molecule has 2 unspecified atom stereocenters. The van der Waals surface area contributed by atoms with Crippen LogP contribution in [0.25, 0.3) is 0 Å². The maximum absolute atomic E-state index is 11.9. The van der Waals surface area contributed by atoms with Crippen molar-refractivity contribution in [3.63, 3.8) is 0 Å². The number of carbonyl (C=O) groups is 1. The highest BCUT2D eigenvalue weighted by Crippen LogP contribution is 2.12. The minimum absolute atomic E-state index is 0.0761. The van der Waals surface area contributed by atoms with Gasteiger partial charge >= 0.3 is 0 Å². The second-order valence-corrected chi connectivity index (χ2v) is 9.32. The number of allylic oxidation sites excluding steroid dienone is 2. The van der Waals surface area contributed by atoms with Gasteiger partial charge < -0.3 is 15.5 Å². The highest BCUT2D eigenvalue weighted by molar-refractivity contribution is 5.76. The van der Waals surface area contributed by atoms with Gasteiger partial charge in [-0.05, 0) is 46.0 Å². The quantitative estimate of drug-likeness (QED) is 0.128. The fourth-order valence-corrected chi connectivity index (χ4v) is 3.97. The lowest BCUT2D eigenvalue weighted by Gasteiger charge is -2.24. The summed E-state index contributed by atoms with van der Waals surface area (Å²) in [6, 6.07) is -0.580. The van der Waals surface area contributed by atoms with E-state index in [4.69, 9.17) is 0 Å². The van der Waals surface area contributed by atoms with Crippen molar-refractivity contribution in [3.8, 4) is 0 Å². The summed E-state index contributed by atoms with van der Waals surface area (Å²) in [5, 5.41) is 21.9. The molecule has 0 fully saturated rings. The van der Waals surface area contributed by atoms with Crippen molar-refractivity contribution in [2.24, 2.45) is 0 Å². The van der Waals surface area contributed by atoms with E-state index < -0.39 is 18.2 Å². The normalized spacial score (nSPS) is 14.6. The van der Waals surface area contributed by atoms with Crippen molar-refractivity contribution >= 4 is 5.91 Å². The molecule has 4 nitrogen and oxygen atoms in total. The van der Waals surface area contributed by atoms with Gasteiger partial charge in [0.05, 0.1) is 18.2 Å². The summed E-state index contributed by atoms with van der Waals surface area (Å²) in [6.45, 7) is 5.45. The van der Waals surface area contributed by atoms with Crippen molar-refractivity contribution in [2.75, 3.05) is 0 Å². The van der Waals surface area contributed by atoms with Crippen molar-refractivity contribution in [1.29, 1.82) is 0 Å². The van der Waals surface area contributed by atoms with E-state index in [9.17, 15) is 15.0 Å². The number of aliphatic hydroxyl groups is 2. The van der Waals surface area contributed by atoms with Gasteiger partial charge in [0.25, 0.3) is 0 Å². The van der Waals surface area contributed by atoms with Gasteiger partial charge in [0.15, 0.2) is 0 Å². The van der Waals surface area contributed by atoms with Crippen LogP contribution in [-0.2, 0) is 4.79 Å². The molecule has 0 aromatic carbocycles. The fraction of sp³-hybridized carbons (Fsp3) is 0.889. The summed E-state index contributed by atoms with van der Waals surface area (Å²) in [6.07, 6.45) is 25.6. The van der Waals surface area contributed by atoms with Gasteiger partial charge in [0.2, 0.25) is 5.91 Å².